The van der Waals surface area contributed by atoms with Gasteiger partial charge in [0.05, 0.1) is 13.1 Å². The molecule has 1 aromatic carbocycles. The third kappa shape index (κ3) is 3.50. The molecule has 108 valence electrons. The van der Waals surface area contributed by atoms with E-state index < -0.39 is 0 Å². The van der Waals surface area contributed by atoms with Gasteiger partial charge in [0, 0.05) is 16.1 Å². The van der Waals surface area contributed by atoms with Crippen LogP contribution in [-0.4, -0.2) is 42.1 Å². The van der Waals surface area contributed by atoms with Gasteiger partial charge in [-0.2, -0.15) is 0 Å². The Labute approximate surface area is 126 Å². The SMILES string of the molecule is CC(C)N1CC(CNC(=O)c2ccc(Br)cc2)OC1=O. The van der Waals surface area contributed by atoms with Crippen molar-refractivity contribution in [3.63, 3.8) is 0 Å². The molecule has 5 nitrogen and oxygen atoms in total. The highest BCUT2D eigenvalue weighted by atomic mass is 79.9. The standard InChI is InChI=1S/C14H17BrN2O3/c1-9(2)17-8-12(20-14(17)19)7-16-13(18)10-3-5-11(15)6-4-10/h3-6,9,12H,7-8H2,1-2H3,(H,16,18). The summed E-state index contributed by atoms with van der Waals surface area (Å²) in [5.74, 6) is -0.170. The number of halogens is 1. The molecule has 0 radical (unpaired) electrons. The minimum absolute atomic E-state index is 0.106. The summed E-state index contributed by atoms with van der Waals surface area (Å²) in [5, 5.41) is 2.78. The minimum atomic E-state index is -0.317. The highest BCUT2D eigenvalue weighted by molar-refractivity contribution is 9.10. The number of ether oxygens (including phenoxy) is 1. The Hall–Kier alpha value is -1.56. The number of cyclic esters (lactones) is 1. The van der Waals surface area contributed by atoms with Crippen LogP contribution in [0.3, 0.4) is 0 Å². The lowest BCUT2D eigenvalue weighted by Crippen LogP contribution is -2.36. The van der Waals surface area contributed by atoms with Gasteiger partial charge < -0.3 is 15.0 Å². The van der Waals surface area contributed by atoms with Gasteiger partial charge in [-0.3, -0.25) is 4.79 Å². The molecule has 0 saturated carbocycles. The Morgan fingerprint density at radius 2 is 2.10 bits per heavy atom. The van der Waals surface area contributed by atoms with E-state index in [4.69, 9.17) is 4.74 Å². The van der Waals surface area contributed by atoms with Crippen LogP contribution in [0.25, 0.3) is 0 Å². The molecular formula is C14H17BrN2O3. The fourth-order valence-corrected chi connectivity index (χ4v) is 2.24. The molecule has 1 N–H and O–H groups in total. The van der Waals surface area contributed by atoms with Crippen LogP contribution in [0.15, 0.2) is 28.7 Å². The van der Waals surface area contributed by atoms with Gasteiger partial charge in [0.1, 0.15) is 6.10 Å². The molecule has 1 aliphatic heterocycles. The number of hydrogen-bond donors (Lipinski definition) is 1. The number of carbonyl (C=O) groups is 2. The maximum atomic E-state index is 11.9. The zero-order chi connectivity index (χ0) is 14.7. The summed E-state index contributed by atoms with van der Waals surface area (Å²) in [7, 11) is 0. The fraction of sp³-hybridized carbons (Fsp3) is 0.429. The molecular weight excluding hydrogens is 324 g/mol. The van der Waals surface area contributed by atoms with Gasteiger partial charge in [-0.25, -0.2) is 4.79 Å². The molecule has 2 rings (SSSR count). The topological polar surface area (TPSA) is 58.6 Å². The normalized spacial score (nSPS) is 18.3. The molecule has 2 amide bonds. The summed E-state index contributed by atoms with van der Waals surface area (Å²) in [6.45, 7) is 4.70. The summed E-state index contributed by atoms with van der Waals surface area (Å²) in [4.78, 5) is 25.1. The Morgan fingerprint density at radius 1 is 1.45 bits per heavy atom. The Morgan fingerprint density at radius 3 is 2.65 bits per heavy atom. The molecule has 0 spiro atoms. The van der Waals surface area contributed by atoms with Crippen LogP contribution in [0.1, 0.15) is 24.2 Å². The third-order valence-electron chi connectivity index (χ3n) is 3.12. The van der Waals surface area contributed by atoms with E-state index in [2.05, 4.69) is 21.2 Å². The van der Waals surface area contributed by atoms with Crippen LogP contribution < -0.4 is 5.32 Å². The number of hydrogen-bond acceptors (Lipinski definition) is 3. The van der Waals surface area contributed by atoms with Crippen molar-refractivity contribution in [3.05, 3.63) is 34.3 Å². The predicted octanol–water partition coefficient (Wildman–Crippen LogP) is 2.41. The van der Waals surface area contributed by atoms with E-state index in [1.54, 1.807) is 17.0 Å². The van der Waals surface area contributed by atoms with E-state index in [1.165, 1.54) is 0 Å². The van der Waals surface area contributed by atoms with Gasteiger partial charge in [0.2, 0.25) is 0 Å². The second-order valence-electron chi connectivity index (χ2n) is 4.97. The molecule has 1 saturated heterocycles. The van der Waals surface area contributed by atoms with E-state index in [0.717, 1.165) is 4.47 Å². The van der Waals surface area contributed by atoms with Crippen molar-refractivity contribution in [2.75, 3.05) is 13.1 Å². The highest BCUT2D eigenvalue weighted by Crippen LogP contribution is 2.14. The molecule has 1 aromatic rings. The average Bonchev–Trinajstić information content (AvgIpc) is 2.78. The number of benzene rings is 1. The molecule has 0 aliphatic carbocycles. The molecule has 6 heteroatoms. The number of amides is 2. The first-order valence-corrected chi connectivity index (χ1v) is 7.27. The lowest BCUT2D eigenvalue weighted by Gasteiger charge is -2.16. The number of rotatable bonds is 4. The Bertz CT molecular complexity index is 502. The first-order chi connectivity index (χ1) is 9.47. The van der Waals surface area contributed by atoms with Gasteiger partial charge in [0.15, 0.2) is 0 Å². The first-order valence-electron chi connectivity index (χ1n) is 6.48. The van der Waals surface area contributed by atoms with Crippen molar-refractivity contribution < 1.29 is 14.3 Å². The third-order valence-corrected chi connectivity index (χ3v) is 3.65. The van der Waals surface area contributed by atoms with Crippen molar-refractivity contribution in [3.8, 4) is 0 Å². The van der Waals surface area contributed by atoms with Crippen LogP contribution in [0.2, 0.25) is 0 Å². The molecule has 1 fully saturated rings. The first kappa shape index (κ1) is 14.8. The van der Waals surface area contributed by atoms with Gasteiger partial charge >= 0.3 is 6.09 Å². The summed E-state index contributed by atoms with van der Waals surface area (Å²) < 4.78 is 6.13. The number of nitrogens with zero attached hydrogens (tertiary/aromatic N) is 1. The lowest BCUT2D eigenvalue weighted by molar-refractivity contribution is 0.0914. The van der Waals surface area contributed by atoms with E-state index in [9.17, 15) is 9.59 Å². The van der Waals surface area contributed by atoms with Crippen LogP contribution in [0.4, 0.5) is 4.79 Å². The Balaban J connectivity index is 1.85. The predicted molar refractivity (Wildman–Crippen MR) is 78.6 cm³/mol. The van der Waals surface area contributed by atoms with Crippen molar-refractivity contribution in [1.82, 2.24) is 10.2 Å². The average molecular weight is 341 g/mol. The molecule has 0 bridgehead atoms. The van der Waals surface area contributed by atoms with Crippen LogP contribution >= 0.6 is 15.9 Å². The van der Waals surface area contributed by atoms with Gasteiger partial charge in [-0.15, -0.1) is 0 Å². The molecule has 1 heterocycles. The quantitative estimate of drug-likeness (QED) is 0.915. The maximum Gasteiger partial charge on any atom is 0.410 e. The molecule has 1 unspecified atom stereocenters. The van der Waals surface area contributed by atoms with E-state index in [-0.39, 0.29) is 24.1 Å². The van der Waals surface area contributed by atoms with E-state index >= 15 is 0 Å². The molecule has 1 atom stereocenters. The molecule has 20 heavy (non-hydrogen) atoms. The zero-order valence-electron chi connectivity index (χ0n) is 11.4. The van der Waals surface area contributed by atoms with Gasteiger partial charge in [-0.05, 0) is 38.1 Å². The number of carbonyl (C=O) groups excluding carboxylic acids is 2. The van der Waals surface area contributed by atoms with Gasteiger partial charge in [0.25, 0.3) is 5.91 Å². The van der Waals surface area contributed by atoms with Crippen molar-refractivity contribution in [2.24, 2.45) is 0 Å². The van der Waals surface area contributed by atoms with Crippen molar-refractivity contribution >= 4 is 27.9 Å². The van der Waals surface area contributed by atoms with Crippen molar-refractivity contribution in [2.45, 2.75) is 26.0 Å². The summed E-state index contributed by atoms with van der Waals surface area (Å²) in [5.41, 5.74) is 0.582. The molecule has 1 aliphatic rings. The second-order valence-corrected chi connectivity index (χ2v) is 5.88. The number of nitrogens with one attached hydrogen (secondary N) is 1. The van der Waals surface area contributed by atoms with Crippen LogP contribution in [0.5, 0.6) is 0 Å². The van der Waals surface area contributed by atoms with Gasteiger partial charge in [-0.1, -0.05) is 15.9 Å². The minimum Gasteiger partial charge on any atom is -0.442 e. The highest BCUT2D eigenvalue weighted by Gasteiger charge is 2.32. The smallest absolute Gasteiger partial charge is 0.410 e. The zero-order valence-corrected chi connectivity index (χ0v) is 13.0. The maximum absolute atomic E-state index is 11.9. The lowest BCUT2D eigenvalue weighted by atomic mass is 10.2. The largest absolute Gasteiger partial charge is 0.442 e. The monoisotopic (exact) mass is 340 g/mol. The van der Waals surface area contributed by atoms with Crippen LogP contribution in [0, 0.1) is 0 Å². The van der Waals surface area contributed by atoms with Crippen molar-refractivity contribution in [1.29, 1.82) is 0 Å². The summed E-state index contributed by atoms with van der Waals surface area (Å²) in [6, 6.07) is 7.20. The van der Waals surface area contributed by atoms with Crippen LogP contribution in [-0.2, 0) is 4.74 Å². The summed E-state index contributed by atoms with van der Waals surface area (Å²) >= 11 is 3.32. The second kappa shape index (κ2) is 6.26. The fourth-order valence-electron chi connectivity index (χ4n) is 1.98. The van der Waals surface area contributed by atoms with E-state index in [0.29, 0.717) is 18.7 Å². The summed E-state index contributed by atoms with van der Waals surface area (Å²) in [6.07, 6.45) is -0.604. The molecule has 0 aromatic heterocycles. The van der Waals surface area contributed by atoms with E-state index in [1.807, 2.05) is 26.0 Å². The Kier molecular flexibility index (Phi) is 4.65.